The number of hydrogen-bond donors (Lipinski definition) is 0. The molecular formula is C12H15N3O4. The van der Waals surface area contributed by atoms with Crippen LogP contribution in [0.1, 0.15) is 16.3 Å². The van der Waals surface area contributed by atoms with Crippen molar-refractivity contribution in [1.29, 1.82) is 0 Å². The number of aromatic nitrogens is 2. The van der Waals surface area contributed by atoms with Crippen LogP contribution in [0.5, 0.6) is 5.75 Å². The highest BCUT2D eigenvalue weighted by molar-refractivity contribution is 5.92. The van der Waals surface area contributed by atoms with Gasteiger partial charge in [-0.2, -0.15) is 0 Å². The molecule has 1 aromatic heterocycles. The minimum Gasteiger partial charge on any atom is -0.485 e. The van der Waals surface area contributed by atoms with Crippen LogP contribution in [0, 0.1) is 6.92 Å². The van der Waals surface area contributed by atoms with Crippen LogP contribution in [-0.4, -0.2) is 55.5 Å². The first-order valence-electron chi connectivity index (χ1n) is 6.15. The summed E-state index contributed by atoms with van der Waals surface area (Å²) >= 11 is 0. The van der Waals surface area contributed by atoms with E-state index in [1.165, 1.54) is 7.11 Å². The summed E-state index contributed by atoms with van der Waals surface area (Å²) in [6.07, 6.45) is 0. The van der Waals surface area contributed by atoms with Crippen LogP contribution in [0.4, 0.5) is 5.82 Å². The van der Waals surface area contributed by atoms with Gasteiger partial charge in [0.25, 0.3) is 0 Å². The number of nitrogens with zero attached hydrogens (tertiary/aromatic N) is 3. The van der Waals surface area contributed by atoms with E-state index in [1.54, 1.807) is 6.92 Å². The van der Waals surface area contributed by atoms with E-state index in [2.05, 4.69) is 14.9 Å². The first-order chi connectivity index (χ1) is 9.20. The third-order valence-corrected chi connectivity index (χ3v) is 3.26. The van der Waals surface area contributed by atoms with Gasteiger partial charge in [0.1, 0.15) is 12.4 Å². The van der Waals surface area contributed by atoms with Crippen LogP contribution in [0.2, 0.25) is 0 Å². The van der Waals surface area contributed by atoms with Gasteiger partial charge in [-0.25, -0.2) is 14.8 Å². The Morgan fingerprint density at radius 2 is 2.26 bits per heavy atom. The maximum Gasteiger partial charge on any atom is 0.360 e. The molecule has 3 heterocycles. The highest BCUT2D eigenvalue weighted by Gasteiger charge is 2.35. The molecular weight excluding hydrogens is 250 g/mol. The molecule has 3 rings (SSSR count). The summed E-state index contributed by atoms with van der Waals surface area (Å²) in [6, 6.07) is 0.140. The normalized spacial score (nSPS) is 21.2. The zero-order chi connectivity index (χ0) is 13.4. The molecule has 102 valence electrons. The van der Waals surface area contributed by atoms with E-state index < -0.39 is 5.97 Å². The lowest BCUT2D eigenvalue weighted by atomic mass is 10.2. The molecule has 7 heteroatoms. The second kappa shape index (κ2) is 4.65. The smallest absolute Gasteiger partial charge is 0.360 e. The van der Waals surface area contributed by atoms with Crippen molar-refractivity contribution in [1.82, 2.24) is 9.97 Å². The number of fused-ring (bicyclic) bond motifs is 3. The molecule has 0 bridgehead atoms. The van der Waals surface area contributed by atoms with Gasteiger partial charge in [0.2, 0.25) is 0 Å². The molecule has 0 radical (unpaired) electrons. The SMILES string of the molecule is COC(=O)c1nc(C)nc2c1OCC1COCCN21. The lowest BCUT2D eigenvalue weighted by Gasteiger charge is -2.40. The monoisotopic (exact) mass is 265 g/mol. The number of hydrogen-bond acceptors (Lipinski definition) is 7. The fourth-order valence-corrected chi connectivity index (χ4v) is 2.36. The number of carbonyl (C=O) groups is 1. The minimum absolute atomic E-state index is 0.140. The lowest BCUT2D eigenvalue weighted by molar-refractivity contribution is 0.0568. The number of aryl methyl sites for hydroxylation is 1. The molecule has 2 aliphatic rings. The lowest BCUT2D eigenvalue weighted by Crippen LogP contribution is -2.51. The molecule has 2 aliphatic heterocycles. The van der Waals surface area contributed by atoms with Gasteiger partial charge < -0.3 is 19.1 Å². The molecule has 0 N–H and O–H groups in total. The van der Waals surface area contributed by atoms with Crippen LogP contribution in [0.3, 0.4) is 0 Å². The second-order valence-corrected chi connectivity index (χ2v) is 4.50. The van der Waals surface area contributed by atoms with E-state index in [9.17, 15) is 4.79 Å². The summed E-state index contributed by atoms with van der Waals surface area (Å²) in [4.78, 5) is 22.4. The van der Waals surface area contributed by atoms with E-state index in [0.717, 1.165) is 6.54 Å². The van der Waals surface area contributed by atoms with Crippen molar-refractivity contribution < 1.29 is 19.0 Å². The number of ether oxygens (including phenoxy) is 3. The van der Waals surface area contributed by atoms with Gasteiger partial charge in [0.15, 0.2) is 17.3 Å². The van der Waals surface area contributed by atoms with Gasteiger partial charge in [-0.3, -0.25) is 0 Å². The number of esters is 1. The highest BCUT2D eigenvalue weighted by atomic mass is 16.5. The third-order valence-electron chi connectivity index (χ3n) is 3.26. The largest absolute Gasteiger partial charge is 0.485 e. The van der Waals surface area contributed by atoms with Crippen molar-refractivity contribution in [3.63, 3.8) is 0 Å². The molecule has 1 saturated heterocycles. The average molecular weight is 265 g/mol. The maximum absolute atomic E-state index is 11.8. The maximum atomic E-state index is 11.8. The zero-order valence-electron chi connectivity index (χ0n) is 10.9. The van der Waals surface area contributed by atoms with Gasteiger partial charge >= 0.3 is 5.97 Å². The predicted octanol–water partition coefficient (Wildman–Crippen LogP) is 0.169. The van der Waals surface area contributed by atoms with E-state index >= 15 is 0 Å². The Morgan fingerprint density at radius 1 is 1.42 bits per heavy atom. The summed E-state index contributed by atoms with van der Waals surface area (Å²) in [6.45, 7) is 4.20. The first-order valence-corrected chi connectivity index (χ1v) is 6.15. The molecule has 0 aliphatic carbocycles. The van der Waals surface area contributed by atoms with Gasteiger partial charge in [-0.15, -0.1) is 0 Å². The minimum atomic E-state index is -0.506. The number of rotatable bonds is 1. The summed E-state index contributed by atoms with van der Waals surface area (Å²) < 4.78 is 15.8. The van der Waals surface area contributed by atoms with Gasteiger partial charge in [0.05, 0.1) is 26.4 Å². The van der Waals surface area contributed by atoms with Crippen molar-refractivity contribution in [3.8, 4) is 5.75 Å². The molecule has 0 saturated carbocycles. The Balaban J connectivity index is 2.08. The Bertz CT molecular complexity index is 520. The Hall–Kier alpha value is -1.89. The number of carbonyl (C=O) groups excluding carboxylic acids is 1. The molecule has 1 aromatic rings. The average Bonchev–Trinajstić information content (AvgIpc) is 2.45. The van der Waals surface area contributed by atoms with E-state index in [0.29, 0.717) is 37.2 Å². The van der Waals surface area contributed by atoms with Gasteiger partial charge in [-0.1, -0.05) is 0 Å². The summed E-state index contributed by atoms with van der Waals surface area (Å²) in [5, 5.41) is 0. The summed E-state index contributed by atoms with van der Waals surface area (Å²) in [5.41, 5.74) is 0.190. The van der Waals surface area contributed by atoms with Crippen LogP contribution in [0.25, 0.3) is 0 Å². The van der Waals surface area contributed by atoms with Gasteiger partial charge in [0, 0.05) is 6.54 Å². The molecule has 0 spiro atoms. The molecule has 7 nitrogen and oxygen atoms in total. The Labute approximate surface area is 110 Å². The third kappa shape index (κ3) is 1.99. The molecule has 19 heavy (non-hydrogen) atoms. The van der Waals surface area contributed by atoms with Crippen LogP contribution in [0.15, 0.2) is 0 Å². The highest BCUT2D eigenvalue weighted by Crippen LogP contribution is 2.35. The fourth-order valence-electron chi connectivity index (χ4n) is 2.36. The van der Waals surface area contributed by atoms with Crippen LogP contribution >= 0.6 is 0 Å². The Kier molecular flexibility index (Phi) is 2.98. The topological polar surface area (TPSA) is 73.8 Å². The van der Waals surface area contributed by atoms with E-state index in [4.69, 9.17) is 14.2 Å². The summed E-state index contributed by atoms with van der Waals surface area (Å²) in [5.74, 6) is 1.09. The molecule has 1 fully saturated rings. The zero-order valence-corrected chi connectivity index (χ0v) is 10.9. The van der Waals surface area contributed by atoms with Crippen molar-refractivity contribution in [2.75, 3.05) is 38.4 Å². The molecule has 1 atom stereocenters. The fraction of sp³-hybridized carbons (Fsp3) is 0.583. The molecule has 1 unspecified atom stereocenters. The van der Waals surface area contributed by atoms with Crippen molar-refractivity contribution in [3.05, 3.63) is 11.5 Å². The molecule has 0 aromatic carbocycles. The standard InChI is InChI=1S/C12H15N3O4/c1-7-13-9(12(16)17-2)10-11(14-7)15-3-4-18-5-8(15)6-19-10/h8H,3-6H2,1-2H3. The predicted molar refractivity (Wildman–Crippen MR) is 65.6 cm³/mol. The van der Waals surface area contributed by atoms with E-state index in [1.807, 2.05) is 0 Å². The number of methoxy groups -OCH3 is 1. The van der Waals surface area contributed by atoms with Crippen LogP contribution in [-0.2, 0) is 9.47 Å². The van der Waals surface area contributed by atoms with Crippen molar-refractivity contribution in [2.24, 2.45) is 0 Å². The first kappa shape index (κ1) is 12.2. The second-order valence-electron chi connectivity index (χ2n) is 4.50. The van der Waals surface area contributed by atoms with Crippen LogP contribution < -0.4 is 9.64 Å². The van der Waals surface area contributed by atoms with Gasteiger partial charge in [-0.05, 0) is 6.92 Å². The number of morpholine rings is 1. The van der Waals surface area contributed by atoms with Crippen molar-refractivity contribution >= 4 is 11.8 Å². The van der Waals surface area contributed by atoms with Crippen molar-refractivity contribution in [2.45, 2.75) is 13.0 Å². The van der Waals surface area contributed by atoms with E-state index in [-0.39, 0.29) is 11.7 Å². The summed E-state index contributed by atoms with van der Waals surface area (Å²) in [7, 11) is 1.33. The number of anilines is 1. The Morgan fingerprint density at radius 3 is 3.05 bits per heavy atom. The molecule has 0 amide bonds. The quantitative estimate of drug-likeness (QED) is 0.670.